The van der Waals surface area contributed by atoms with Crippen molar-refractivity contribution < 1.29 is 34.1 Å². The van der Waals surface area contributed by atoms with Crippen molar-refractivity contribution in [2.24, 2.45) is 0 Å². The summed E-state index contributed by atoms with van der Waals surface area (Å²) in [6, 6.07) is 39.9. The third-order valence-electron chi connectivity index (χ3n) is 8.52. The number of aromatic nitrogens is 2. The van der Waals surface area contributed by atoms with Crippen LogP contribution in [-0.2, 0) is 4.79 Å². The van der Waals surface area contributed by atoms with Gasteiger partial charge in [0.05, 0.1) is 42.2 Å². The van der Waals surface area contributed by atoms with E-state index in [9.17, 15) is 14.4 Å². The molecule has 0 aliphatic rings. The number of carboxylic acid groups (broad SMARTS) is 2. The molecule has 292 valence electrons. The number of para-hydroxylation sites is 1. The number of nitrogen functional groups attached to an aromatic ring is 2. The van der Waals surface area contributed by atoms with Gasteiger partial charge in [0.25, 0.3) is 0 Å². The van der Waals surface area contributed by atoms with Gasteiger partial charge in [0.2, 0.25) is 5.91 Å². The van der Waals surface area contributed by atoms with Crippen molar-refractivity contribution in [3.05, 3.63) is 162 Å². The number of hydrogen-bond donors (Lipinski definition) is 5. The van der Waals surface area contributed by atoms with Crippen molar-refractivity contribution in [1.29, 1.82) is 0 Å². The Labute approximate surface area is 342 Å². The van der Waals surface area contributed by atoms with Gasteiger partial charge in [0, 0.05) is 32.9 Å². The maximum atomic E-state index is 11.8. The van der Waals surface area contributed by atoms with Gasteiger partial charge in [-0.1, -0.05) is 101 Å². The molecular formula is C45H38BrN5O7. The van der Waals surface area contributed by atoms with Crippen molar-refractivity contribution in [3.63, 3.8) is 0 Å². The number of carbonyl (C=O) groups excluding carboxylic acids is 1. The van der Waals surface area contributed by atoms with Gasteiger partial charge in [-0.2, -0.15) is 0 Å². The first-order valence-electron chi connectivity index (χ1n) is 17.4. The van der Waals surface area contributed by atoms with Gasteiger partial charge in [0.15, 0.2) is 5.82 Å². The fraction of sp³-hybridized carbons (Fsp3) is 0.0444. The number of halogens is 1. The molecule has 0 bridgehead atoms. The zero-order chi connectivity index (χ0) is 41.8. The number of methoxy groups -OCH3 is 2. The van der Waals surface area contributed by atoms with Crippen LogP contribution in [-0.4, -0.2) is 52.2 Å². The first-order valence-corrected chi connectivity index (χ1v) is 18.2. The SMILES string of the molecule is C=CC(=O)Nc1cccc(-c2cc(-c3ccccc3)cc3cnc(-c4ccccc4)nc23)c1.COc1cc(Br)cc(C(=O)O)c1N.COc1cccc(C(=O)O)c1N. The molecular weight excluding hydrogens is 802 g/mol. The van der Waals surface area contributed by atoms with E-state index >= 15 is 0 Å². The number of amides is 1. The quantitative estimate of drug-likeness (QED) is 0.0685. The number of rotatable bonds is 9. The highest BCUT2D eigenvalue weighted by Crippen LogP contribution is 2.35. The molecule has 0 saturated heterocycles. The van der Waals surface area contributed by atoms with Crippen molar-refractivity contribution in [3.8, 4) is 45.1 Å². The van der Waals surface area contributed by atoms with E-state index in [4.69, 9.17) is 36.1 Å². The first kappa shape index (κ1) is 41.6. The molecule has 7 aromatic rings. The zero-order valence-electron chi connectivity index (χ0n) is 31.3. The smallest absolute Gasteiger partial charge is 0.337 e. The number of carbonyl (C=O) groups is 3. The van der Waals surface area contributed by atoms with Crippen molar-refractivity contribution in [2.45, 2.75) is 0 Å². The second kappa shape index (κ2) is 19.4. The molecule has 0 fully saturated rings. The van der Waals surface area contributed by atoms with E-state index < -0.39 is 11.9 Å². The number of anilines is 3. The molecule has 0 unspecified atom stereocenters. The fourth-order valence-corrected chi connectivity index (χ4v) is 6.13. The molecule has 0 saturated carbocycles. The van der Waals surface area contributed by atoms with Gasteiger partial charge in [-0.15, -0.1) is 0 Å². The summed E-state index contributed by atoms with van der Waals surface area (Å²) in [5.74, 6) is -0.957. The molecule has 7 rings (SSSR count). The van der Waals surface area contributed by atoms with Crippen LogP contribution in [0, 0.1) is 0 Å². The fourth-order valence-electron chi connectivity index (χ4n) is 5.69. The van der Waals surface area contributed by atoms with Gasteiger partial charge in [-0.3, -0.25) is 4.79 Å². The minimum atomic E-state index is -1.07. The third kappa shape index (κ3) is 10.2. The molecule has 58 heavy (non-hydrogen) atoms. The van der Waals surface area contributed by atoms with E-state index in [-0.39, 0.29) is 28.4 Å². The van der Waals surface area contributed by atoms with E-state index in [1.54, 1.807) is 18.2 Å². The number of carboxylic acids is 2. The number of nitrogens with one attached hydrogen (secondary N) is 1. The number of nitrogens with zero attached hydrogens (tertiary/aromatic N) is 2. The monoisotopic (exact) mass is 839 g/mol. The number of fused-ring (bicyclic) bond motifs is 1. The summed E-state index contributed by atoms with van der Waals surface area (Å²) < 4.78 is 10.4. The van der Waals surface area contributed by atoms with Crippen LogP contribution in [0.3, 0.4) is 0 Å². The van der Waals surface area contributed by atoms with Gasteiger partial charge < -0.3 is 36.5 Å². The van der Waals surface area contributed by atoms with Gasteiger partial charge in [-0.05, 0) is 71.3 Å². The highest BCUT2D eigenvalue weighted by molar-refractivity contribution is 9.10. The lowest BCUT2D eigenvalue weighted by atomic mass is 9.95. The summed E-state index contributed by atoms with van der Waals surface area (Å²) in [7, 11) is 2.88. The second-order valence-electron chi connectivity index (χ2n) is 12.3. The predicted octanol–water partition coefficient (Wildman–Crippen LogP) is 9.47. The largest absolute Gasteiger partial charge is 0.495 e. The summed E-state index contributed by atoms with van der Waals surface area (Å²) in [6.45, 7) is 3.53. The number of hydrogen-bond acceptors (Lipinski definition) is 9. The molecule has 0 aliphatic heterocycles. The van der Waals surface area contributed by atoms with Crippen LogP contribution in [0.15, 0.2) is 151 Å². The van der Waals surface area contributed by atoms with Crippen LogP contribution in [0.4, 0.5) is 17.1 Å². The number of nitrogens with two attached hydrogens (primary N) is 2. The van der Waals surface area contributed by atoms with Crippen LogP contribution >= 0.6 is 15.9 Å². The summed E-state index contributed by atoms with van der Waals surface area (Å²) in [5.41, 5.74) is 18.1. The van der Waals surface area contributed by atoms with E-state index in [0.717, 1.165) is 38.7 Å². The van der Waals surface area contributed by atoms with Crippen LogP contribution < -0.4 is 26.3 Å². The van der Waals surface area contributed by atoms with Crippen LogP contribution in [0.2, 0.25) is 0 Å². The number of aromatic carboxylic acids is 2. The molecule has 0 aliphatic carbocycles. The molecule has 1 amide bonds. The maximum absolute atomic E-state index is 11.8. The van der Waals surface area contributed by atoms with Crippen LogP contribution in [0.25, 0.3) is 44.5 Å². The molecule has 0 spiro atoms. The van der Waals surface area contributed by atoms with Gasteiger partial charge in [0.1, 0.15) is 11.5 Å². The maximum Gasteiger partial charge on any atom is 0.337 e. The average molecular weight is 841 g/mol. The topological polar surface area (TPSA) is 200 Å². The Morgan fingerprint density at radius 3 is 1.91 bits per heavy atom. The van der Waals surface area contributed by atoms with Crippen LogP contribution in [0.1, 0.15) is 20.7 Å². The highest BCUT2D eigenvalue weighted by atomic mass is 79.9. The summed E-state index contributed by atoms with van der Waals surface area (Å²) in [5, 5.41) is 21.2. The van der Waals surface area contributed by atoms with Crippen LogP contribution in [0.5, 0.6) is 11.5 Å². The highest BCUT2D eigenvalue weighted by Gasteiger charge is 2.15. The minimum absolute atomic E-state index is 0.0335. The standard InChI is InChI=1S/C29H21N3O.C8H8BrNO3.C8H9NO3/c1-2-27(33)31-25-15-9-14-22(17-25)26-18-23(20-10-5-3-6-11-20)16-24-19-30-29(32-28(24)26)21-12-7-4-8-13-21;1-13-6-3-4(9)2-5(7(6)10)8(11)12;1-12-6-4-2-3-5(7(6)9)8(10)11/h2-19H,1H2,(H,31,33);2-3H,10H2,1H3,(H,11,12);2-4H,9H2,1H3,(H,10,11). The lowest BCUT2D eigenvalue weighted by Crippen LogP contribution is -2.07. The minimum Gasteiger partial charge on any atom is -0.495 e. The predicted molar refractivity (Wildman–Crippen MR) is 231 cm³/mol. The van der Waals surface area contributed by atoms with E-state index in [1.807, 2.05) is 79.0 Å². The van der Waals surface area contributed by atoms with Gasteiger partial charge in [-0.25, -0.2) is 19.6 Å². The molecule has 0 atom stereocenters. The Morgan fingerprint density at radius 1 is 0.690 bits per heavy atom. The molecule has 1 aromatic heterocycles. The molecule has 7 N–H and O–H groups in total. The molecule has 12 nitrogen and oxygen atoms in total. The third-order valence-corrected chi connectivity index (χ3v) is 8.98. The van der Waals surface area contributed by atoms with E-state index in [0.29, 0.717) is 27.5 Å². The van der Waals surface area contributed by atoms with Crippen molar-refractivity contribution >= 4 is 61.7 Å². The Morgan fingerprint density at radius 2 is 1.29 bits per heavy atom. The molecule has 6 aromatic carbocycles. The summed E-state index contributed by atoms with van der Waals surface area (Å²) in [4.78, 5) is 42.7. The van der Waals surface area contributed by atoms with Gasteiger partial charge >= 0.3 is 11.9 Å². The molecule has 1 heterocycles. The van der Waals surface area contributed by atoms with E-state index in [1.165, 1.54) is 32.4 Å². The summed E-state index contributed by atoms with van der Waals surface area (Å²) in [6.07, 6.45) is 3.14. The molecule has 13 heteroatoms. The van der Waals surface area contributed by atoms with Crippen molar-refractivity contribution in [1.82, 2.24) is 9.97 Å². The number of benzene rings is 6. The first-order chi connectivity index (χ1) is 27.9. The summed E-state index contributed by atoms with van der Waals surface area (Å²) >= 11 is 3.16. The molecule has 0 radical (unpaired) electrons. The zero-order valence-corrected chi connectivity index (χ0v) is 32.9. The lowest BCUT2D eigenvalue weighted by Gasteiger charge is -2.13. The Kier molecular flexibility index (Phi) is 13.9. The number of ether oxygens (including phenoxy) is 2. The Bertz CT molecular complexity index is 2600. The van der Waals surface area contributed by atoms with E-state index in [2.05, 4.69) is 57.1 Å². The second-order valence-corrected chi connectivity index (χ2v) is 13.2. The Balaban J connectivity index is 0.000000210. The normalized spacial score (nSPS) is 10.2. The Hall–Kier alpha value is -7.51. The van der Waals surface area contributed by atoms with Crippen molar-refractivity contribution in [2.75, 3.05) is 31.0 Å². The average Bonchev–Trinajstić information content (AvgIpc) is 3.24. The lowest BCUT2D eigenvalue weighted by molar-refractivity contribution is -0.111.